The highest BCUT2D eigenvalue weighted by Crippen LogP contribution is 2.37. The SMILES string of the molecule is C#CCOc1c(Br)cc(/C=C(/C#N)C(=O)NCc2ccc(OC)cc2)cc1OCC. The first-order valence-electron chi connectivity index (χ1n) is 9.07. The van der Waals surface area contributed by atoms with Gasteiger partial charge >= 0.3 is 0 Å². The molecule has 154 valence electrons. The van der Waals surface area contributed by atoms with Gasteiger partial charge in [-0.3, -0.25) is 4.79 Å². The minimum Gasteiger partial charge on any atom is -0.497 e. The molecule has 0 aliphatic carbocycles. The highest BCUT2D eigenvalue weighted by atomic mass is 79.9. The van der Waals surface area contributed by atoms with Crippen LogP contribution in [0.2, 0.25) is 0 Å². The number of benzene rings is 2. The van der Waals surface area contributed by atoms with Crippen molar-refractivity contribution in [3.63, 3.8) is 0 Å². The average Bonchev–Trinajstić information content (AvgIpc) is 2.75. The van der Waals surface area contributed by atoms with Crippen LogP contribution in [0.5, 0.6) is 17.2 Å². The fourth-order valence-corrected chi connectivity index (χ4v) is 3.10. The van der Waals surface area contributed by atoms with E-state index in [1.165, 1.54) is 6.08 Å². The molecule has 0 saturated carbocycles. The Hall–Kier alpha value is -3.42. The number of terminal acetylenes is 1. The van der Waals surface area contributed by atoms with Crippen molar-refractivity contribution in [2.75, 3.05) is 20.3 Å². The van der Waals surface area contributed by atoms with Crippen molar-refractivity contribution in [3.05, 3.63) is 57.6 Å². The number of rotatable bonds is 9. The number of amides is 1. The molecule has 2 aromatic rings. The van der Waals surface area contributed by atoms with Crippen LogP contribution in [0.4, 0.5) is 0 Å². The van der Waals surface area contributed by atoms with E-state index in [9.17, 15) is 10.1 Å². The molecule has 0 atom stereocenters. The number of hydrogen-bond donors (Lipinski definition) is 1. The molecular weight excluding hydrogens is 448 g/mol. The number of carbonyl (C=O) groups is 1. The first kappa shape index (κ1) is 22.9. The molecule has 1 amide bonds. The van der Waals surface area contributed by atoms with E-state index in [-0.39, 0.29) is 18.7 Å². The molecule has 30 heavy (non-hydrogen) atoms. The molecule has 0 heterocycles. The molecule has 0 unspecified atom stereocenters. The predicted molar refractivity (Wildman–Crippen MR) is 118 cm³/mol. The Morgan fingerprint density at radius 1 is 1.27 bits per heavy atom. The van der Waals surface area contributed by atoms with Crippen molar-refractivity contribution in [1.29, 1.82) is 5.26 Å². The van der Waals surface area contributed by atoms with Crippen molar-refractivity contribution in [2.45, 2.75) is 13.5 Å². The first-order chi connectivity index (χ1) is 14.5. The fraction of sp³-hybridized carbons (Fsp3) is 0.217. The van der Waals surface area contributed by atoms with Gasteiger partial charge in [0, 0.05) is 6.54 Å². The van der Waals surface area contributed by atoms with Crippen molar-refractivity contribution >= 4 is 27.9 Å². The van der Waals surface area contributed by atoms with Crippen LogP contribution in [-0.2, 0) is 11.3 Å². The Morgan fingerprint density at radius 2 is 2.00 bits per heavy atom. The Bertz CT molecular complexity index is 1000. The van der Waals surface area contributed by atoms with Crippen LogP contribution in [0.25, 0.3) is 6.08 Å². The number of halogens is 1. The number of nitrogens with zero attached hydrogens (tertiary/aromatic N) is 1. The highest BCUT2D eigenvalue weighted by molar-refractivity contribution is 9.10. The number of carbonyl (C=O) groups excluding carboxylic acids is 1. The summed E-state index contributed by atoms with van der Waals surface area (Å²) >= 11 is 3.42. The summed E-state index contributed by atoms with van der Waals surface area (Å²) in [7, 11) is 1.59. The molecule has 1 N–H and O–H groups in total. The molecule has 0 bridgehead atoms. The Balaban J connectivity index is 2.19. The summed E-state index contributed by atoms with van der Waals surface area (Å²) in [5, 5.41) is 12.2. The fourth-order valence-electron chi connectivity index (χ4n) is 2.52. The van der Waals surface area contributed by atoms with Crippen LogP contribution in [0.1, 0.15) is 18.1 Å². The Morgan fingerprint density at radius 3 is 2.60 bits per heavy atom. The molecule has 0 radical (unpaired) electrons. The van der Waals surface area contributed by atoms with Gasteiger partial charge in [-0.15, -0.1) is 6.42 Å². The molecule has 2 rings (SSSR count). The van der Waals surface area contributed by atoms with E-state index in [4.69, 9.17) is 20.6 Å². The van der Waals surface area contributed by atoms with Gasteiger partial charge in [-0.2, -0.15) is 5.26 Å². The number of nitriles is 1. The summed E-state index contributed by atoms with van der Waals surface area (Å²) in [4.78, 5) is 12.5. The van der Waals surface area contributed by atoms with E-state index in [1.807, 2.05) is 25.1 Å². The summed E-state index contributed by atoms with van der Waals surface area (Å²) in [5.74, 6) is 3.59. The topological polar surface area (TPSA) is 80.6 Å². The number of methoxy groups -OCH3 is 1. The summed E-state index contributed by atoms with van der Waals surface area (Å²) in [5.41, 5.74) is 1.46. The van der Waals surface area contributed by atoms with E-state index in [0.717, 1.165) is 11.3 Å². The van der Waals surface area contributed by atoms with E-state index in [2.05, 4.69) is 27.2 Å². The molecule has 0 aromatic heterocycles. The average molecular weight is 469 g/mol. The zero-order chi connectivity index (χ0) is 21.9. The van der Waals surface area contributed by atoms with Gasteiger partial charge in [-0.25, -0.2) is 0 Å². The van der Waals surface area contributed by atoms with Crippen LogP contribution in [0.15, 0.2) is 46.4 Å². The van der Waals surface area contributed by atoms with Crippen molar-refractivity contribution in [2.24, 2.45) is 0 Å². The molecule has 0 spiro atoms. The summed E-state index contributed by atoms with van der Waals surface area (Å²) in [6, 6.07) is 12.6. The summed E-state index contributed by atoms with van der Waals surface area (Å²) in [6.07, 6.45) is 6.74. The van der Waals surface area contributed by atoms with Gasteiger partial charge in [-0.05, 0) is 64.3 Å². The van der Waals surface area contributed by atoms with Crippen LogP contribution < -0.4 is 19.5 Å². The molecule has 0 fully saturated rings. The molecule has 0 saturated heterocycles. The minimum atomic E-state index is -0.477. The maximum absolute atomic E-state index is 12.5. The number of hydrogen-bond acceptors (Lipinski definition) is 5. The van der Waals surface area contributed by atoms with E-state index >= 15 is 0 Å². The third-order valence-electron chi connectivity index (χ3n) is 3.92. The van der Waals surface area contributed by atoms with Crippen LogP contribution >= 0.6 is 15.9 Å². The maximum Gasteiger partial charge on any atom is 0.262 e. The molecule has 2 aromatic carbocycles. The molecule has 0 aliphatic heterocycles. The molecular formula is C23H21BrN2O4. The normalized spacial score (nSPS) is 10.5. The second-order valence-corrected chi connectivity index (χ2v) is 6.81. The van der Waals surface area contributed by atoms with E-state index in [1.54, 1.807) is 31.4 Å². The summed E-state index contributed by atoms with van der Waals surface area (Å²) < 4.78 is 16.8. The Kier molecular flexibility index (Phi) is 8.80. The lowest BCUT2D eigenvalue weighted by Gasteiger charge is -2.13. The second-order valence-electron chi connectivity index (χ2n) is 5.96. The van der Waals surface area contributed by atoms with Gasteiger partial charge in [-0.1, -0.05) is 18.1 Å². The van der Waals surface area contributed by atoms with Gasteiger partial charge in [0.2, 0.25) is 0 Å². The standard InChI is InChI=1S/C23H21BrN2O4/c1-4-10-30-22-20(24)12-17(13-21(22)29-5-2)11-18(14-25)23(27)26-15-16-6-8-19(28-3)9-7-16/h1,6-9,11-13H,5,10,15H2,2-3H3,(H,26,27)/b18-11-. The smallest absolute Gasteiger partial charge is 0.262 e. The predicted octanol–water partition coefficient (Wildman–Crippen LogP) is 4.09. The lowest BCUT2D eigenvalue weighted by molar-refractivity contribution is -0.117. The van der Waals surface area contributed by atoms with E-state index < -0.39 is 5.91 Å². The number of ether oxygens (including phenoxy) is 3. The lowest BCUT2D eigenvalue weighted by Crippen LogP contribution is -2.23. The quantitative estimate of drug-likeness (QED) is 0.340. The third-order valence-corrected chi connectivity index (χ3v) is 4.51. The lowest BCUT2D eigenvalue weighted by atomic mass is 10.1. The monoisotopic (exact) mass is 468 g/mol. The molecule has 0 aliphatic rings. The Labute approximate surface area is 184 Å². The summed E-state index contributed by atoms with van der Waals surface area (Å²) in [6.45, 7) is 2.63. The van der Waals surface area contributed by atoms with Crippen molar-refractivity contribution in [1.82, 2.24) is 5.32 Å². The van der Waals surface area contributed by atoms with Gasteiger partial charge in [0.1, 0.15) is 24.0 Å². The van der Waals surface area contributed by atoms with Gasteiger partial charge in [0.25, 0.3) is 5.91 Å². The van der Waals surface area contributed by atoms with Crippen molar-refractivity contribution < 1.29 is 19.0 Å². The second kappa shape index (κ2) is 11.5. The minimum absolute atomic E-state index is 0.0323. The number of nitrogens with one attached hydrogen (secondary N) is 1. The third kappa shape index (κ3) is 6.30. The first-order valence-corrected chi connectivity index (χ1v) is 9.87. The maximum atomic E-state index is 12.5. The van der Waals surface area contributed by atoms with E-state index in [0.29, 0.717) is 28.1 Å². The largest absolute Gasteiger partial charge is 0.497 e. The zero-order valence-electron chi connectivity index (χ0n) is 16.7. The molecule has 7 heteroatoms. The van der Waals surface area contributed by atoms with Gasteiger partial charge in [0.15, 0.2) is 11.5 Å². The zero-order valence-corrected chi connectivity index (χ0v) is 18.3. The van der Waals surface area contributed by atoms with Gasteiger partial charge in [0.05, 0.1) is 18.2 Å². The highest BCUT2D eigenvalue weighted by Gasteiger charge is 2.14. The van der Waals surface area contributed by atoms with Crippen LogP contribution in [0.3, 0.4) is 0 Å². The molecule has 6 nitrogen and oxygen atoms in total. The van der Waals surface area contributed by atoms with Gasteiger partial charge < -0.3 is 19.5 Å². The van der Waals surface area contributed by atoms with Crippen molar-refractivity contribution in [3.8, 4) is 35.7 Å². The van der Waals surface area contributed by atoms with Crippen LogP contribution in [-0.4, -0.2) is 26.2 Å². The van der Waals surface area contributed by atoms with Crippen LogP contribution in [0, 0.1) is 23.7 Å².